The number of para-hydroxylation sites is 1. The van der Waals surface area contributed by atoms with Gasteiger partial charge in [-0.15, -0.1) is 0 Å². The Morgan fingerprint density at radius 3 is 2.18 bits per heavy atom. The fourth-order valence-electron chi connectivity index (χ4n) is 4.40. The SMILES string of the molecule is CN1CCC(OC(=O)C(c2noc3ccccc23)N2CCCCCCC2)CC1.O=C(O)C(=O)O. The highest BCUT2D eigenvalue weighted by molar-refractivity contribution is 6.27. The first-order valence-corrected chi connectivity index (χ1v) is 11.8. The first-order chi connectivity index (χ1) is 16.4. The number of hydrogen-bond acceptors (Lipinski definition) is 8. The van der Waals surface area contributed by atoms with Crippen LogP contribution < -0.4 is 0 Å². The summed E-state index contributed by atoms with van der Waals surface area (Å²) >= 11 is 0. The molecule has 0 amide bonds. The number of benzene rings is 1. The molecule has 4 rings (SSSR count). The number of ether oxygens (including phenoxy) is 1. The van der Waals surface area contributed by atoms with Crippen molar-refractivity contribution in [2.75, 3.05) is 33.2 Å². The minimum absolute atomic E-state index is 0.000814. The van der Waals surface area contributed by atoms with Gasteiger partial charge in [0, 0.05) is 18.5 Å². The van der Waals surface area contributed by atoms with E-state index in [1.54, 1.807) is 0 Å². The molecule has 0 aliphatic carbocycles. The fraction of sp³-hybridized carbons (Fsp3) is 0.583. The molecule has 2 aromatic rings. The predicted octanol–water partition coefficient (Wildman–Crippen LogP) is 2.93. The van der Waals surface area contributed by atoms with Crippen LogP contribution in [-0.2, 0) is 19.1 Å². The van der Waals surface area contributed by atoms with Crippen LogP contribution in [0.5, 0.6) is 0 Å². The van der Waals surface area contributed by atoms with Gasteiger partial charge in [0.25, 0.3) is 0 Å². The summed E-state index contributed by atoms with van der Waals surface area (Å²) in [6.07, 6.45) is 7.72. The molecule has 2 aliphatic heterocycles. The number of piperidine rings is 1. The van der Waals surface area contributed by atoms with Crippen molar-refractivity contribution in [1.82, 2.24) is 15.0 Å². The first-order valence-electron chi connectivity index (χ1n) is 11.8. The number of carbonyl (C=O) groups is 3. The summed E-state index contributed by atoms with van der Waals surface area (Å²) in [6, 6.07) is 7.30. The zero-order valence-corrected chi connectivity index (χ0v) is 19.5. The Morgan fingerprint density at radius 1 is 0.971 bits per heavy atom. The van der Waals surface area contributed by atoms with Crippen molar-refractivity contribution < 1.29 is 33.9 Å². The molecule has 2 aliphatic rings. The number of aromatic nitrogens is 1. The van der Waals surface area contributed by atoms with Crippen LogP contribution in [0.3, 0.4) is 0 Å². The van der Waals surface area contributed by atoms with E-state index in [9.17, 15) is 4.79 Å². The highest BCUT2D eigenvalue weighted by Crippen LogP contribution is 2.31. The lowest BCUT2D eigenvalue weighted by Gasteiger charge is -2.33. The maximum absolute atomic E-state index is 13.4. The van der Waals surface area contributed by atoms with Crippen molar-refractivity contribution >= 4 is 28.9 Å². The van der Waals surface area contributed by atoms with E-state index < -0.39 is 18.0 Å². The normalized spacial score (nSPS) is 19.3. The van der Waals surface area contributed by atoms with Crippen LogP contribution in [0.15, 0.2) is 28.8 Å². The minimum Gasteiger partial charge on any atom is -0.473 e. The van der Waals surface area contributed by atoms with Gasteiger partial charge in [0.15, 0.2) is 11.6 Å². The molecule has 10 nitrogen and oxygen atoms in total. The second kappa shape index (κ2) is 12.5. The number of hydrogen-bond donors (Lipinski definition) is 2. The lowest BCUT2D eigenvalue weighted by molar-refractivity contribution is -0.159. The Kier molecular flexibility index (Phi) is 9.41. The molecule has 34 heavy (non-hydrogen) atoms. The van der Waals surface area contributed by atoms with Gasteiger partial charge in [-0.2, -0.15) is 0 Å². The average Bonchev–Trinajstić information content (AvgIpc) is 3.21. The van der Waals surface area contributed by atoms with Crippen LogP contribution >= 0.6 is 0 Å². The summed E-state index contributed by atoms with van der Waals surface area (Å²) < 4.78 is 11.6. The molecule has 2 fully saturated rings. The molecule has 186 valence electrons. The summed E-state index contributed by atoms with van der Waals surface area (Å²) in [5.74, 6) is -3.82. The molecular formula is C24H33N3O7. The monoisotopic (exact) mass is 475 g/mol. The highest BCUT2D eigenvalue weighted by atomic mass is 16.5. The molecule has 1 atom stereocenters. The third-order valence-electron chi connectivity index (χ3n) is 6.27. The molecule has 0 spiro atoms. The summed E-state index contributed by atoms with van der Waals surface area (Å²) in [7, 11) is 2.11. The standard InChI is InChI=1S/C22H31N3O3.C2H2O4/c1-24-15-11-17(12-16-24)27-22(26)21(25-13-7-3-2-4-8-14-25)20-18-9-5-6-10-19(18)28-23-20;3-1(4)2(5)6/h5-6,9-10,17,21H,2-4,7-8,11-16H2,1H3;(H,3,4)(H,5,6). The molecular weight excluding hydrogens is 442 g/mol. The van der Waals surface area contributed by atoms with Gasteiger partial charge in [0.1, 0.15) is 11.8 Å². The Labute approximate surface area is 198 Å². The lowest BCUT2D eigenvalue weighted by atomic mass is 10.0. The molecule has 0 saturated carbocycles. The Balaban J connectivity index is 0.000000481. The second-order valence-electron chi connectivity index (χ2n) is 8.82. The number of carboxylic acids is 2. The van der Waals surface area contributed by atoms with Crippen LogP contribution in [-0.4, -0.2) is 82.4 Å². The number of likely N-dealkylation sites (tertiary alicyclic amines) is 2. The van der Waals surface area contributed by atoms with E-state index in [0.717, 1.165) is 62.8 Å². The molecule has 3 heterocycles. The number of aliphatic carboxylic acids is 2. The number of carboxylic acid groups (broad SMARTS) is 2. The summed E-state index contributed by atoms with van der Waals surface area (Å²) in [4.78, 5) is 36.1. The molecule has 2 N–H and O–H groups in total. The minimum atomic E-state index is -1.82. The van der Waals surface area contributed by atoms with E-state index in [1.165, 1.54) is 19.3 Å². The van der Waals surface area contributed by atoms with Crippen LogP contribution in [0.25, 0.3) is 11.0 Å². The molecule has 1 aromatic carbocycles. The van der Waals surface area contributed by atoms with Gasteiger partial charge in [-0.25, -0.2) is 14.4 Å². The quantitative estimate of drug-likeness (QED) is 0.502. The van der Waals surface area contributed by atoms with E-state index in [-0.39, 0.29) is 12.1 Å². The third kappa shape index (κ3) is 7.01. The smallest absolute Gasteiger partial charge is 0.414 e. The average molecular weight is 476 g/mol. The summed E-state index contributed by atoms with van der Waals surface area (Å²) in [5, 5.41) is 20.0. The topological polar surface area (TPSA) is 133 Å². The Hall–Kier alpha value is -2.98. The van der Waals surface area contributed by atoms with E-state index in [1.807, 2.05) is 24.3 Å². The van der Waals surface area contributed by atoms with Crippen molar-refractivity contribution in [3.05, 3.63) is 30.0 Å². The second-order valence-corrected chi connectivity index (χ2v) is 8.82. The van der Waals surface area contributed by atoms with Crippen LogP contribution in [0.1, 0.15) is 56.7 Å². The highest BCUT2D eigenvalue weighted by Gasteiger charge is 2.35. The molecule has 1 aromatic heterocycles. The number of rotatable bonds is 4. The Bertz CT molecular complexity index is 948. The maximum Gasteiger partial charge on any atom is 0.414 e. The van der Waals surface area contributed by atoms with Crippen molar-refractivity contribution in [3.63, 3.8) is 0 Å². The van der Waals surface area contributed by atoms with Crippen LogP contribution in [0.4, 0.5) is 0 Å². The molecule has 1 unspecified atom stereocenters. The third-order valence-corrected chi connectivity index (χ3v) is 6.27. The zero-order valence-electron chi connectivity index (χ0n) is 19.5. The number of esters is 1. The van der Waals surface area contributed by atoms with Crippen molar-refractivity contribution in [2.45, 2.75) is 57.1 Å². The fourth-order valence-corrected chi connectivity index (χ4v) is 4.40. The molecule has 2 saturated heterocycles. The van der Waals surface area contributed by atoms with E-state index in [4.69, 9.17) is 29.1 Å². The zero-order chi connectivity index (χ0) is 24.5. The van der Waals surface area contributed by atoms with E-state index >= 15 is 0 Å². The molecule has 0 bridgehead atoms. The Morgan fingerprint density at radius 2 is 1.56 bits per heavy atom. The van der Waals surface area contributed by atoms with Crippen LogP contribution in [0.2, 0.25) is 0 Å². The van der Waals surface area contributed by atoms with Crippen molar-refractivity contribution in [3.8, 4) is 0 Å². The van der Waals surface area contributed by atoms with Gasteiger partial charge in [0.05, 0.1) is 0 Å². The van der Waals surface area contributed by atoms with Crippen LogP contribution in [0, 0.1) is 0 Å². The van der Waals surface area contributed by atoms with Crippen molar-refractivity contribution in [1.29, 1.82) is 0 Å². The number of carbonyl (C=O) groups excluding carboxylic acids is 1. The first kappa shape index (κ1) is 25.6. The van der Waals surface area contributed by atoms with Crippen molar-refractivity contribution in [2.24, 2.45) is 0 Å². The van der Waals surface area contributed by atoms with Gasteiger partial charge < -0.3 is 24.4 Å². The largest absolute Gasteiger partial charge is 0.473 e. The van der Waals surface area contributed by atoms with E-state index in [0.29, 0.717) is 5.69 Å². The molecule has 0 radical (unpaired) electrons. The summed E-state index contributed by atoms with van der Waals surface area (Å²) in [5.41, 5.74) is 1.43. The van der Waals surface area contributed by atoms with Gasteiger partial charge >= 0.3 is 17.9 Å². The predicted molar refractivity (Wildman–Crippen MR) is 123 cm³/mol. The summed E-state index contributed by atoms with van der Waals surface area (Å²) in [6.45, 7) is 3.74. The maximum atomic E-state index is 13.4. The number of nitrogens with zero attached hydrogens (tertiary/aromatic N) is 3. The number of fused-ring (bicyclic) bond motifs is 1. The van der Waals surface area contributed by atoms with Gasteiger partial charge in [-0.3, -0.25) is 4.90 Å². The van der Waals surface area contributed by atoms with E-state index in [2.05, 4.69) is 22.0 Å². The van der Waals surface area contributed by atoms with Gasteiger partial charge in [0.2, 0.25) is 0 Å². The van der Waals surface area contributed by atoms with Gasteiger partial charge in [-0.05, 0) is 58.0 Å². The van der Waals surface area contributed by atoms with Gasteiger partial charge in [-0.1, -0.05) is 36.6 Å². The molecule has 10 heteroatoms. The lowest BCUT2D eigenvalue weighted by Crippen LogP contribution is -2.41.